The minimum absolute atomic E-state index is 0.116. The average molecular weight is 229 g/mol. The Morgan fingerprint density at radius 3 is 2.71 bits per heavy atom. The molecule has 0 fully saturated rings. The van der Waals surface area contributed by atoms with Gasteiger partial charge in [0.15, 0.2) is 0 Å². The van der Waals surface area contributed by atoms with Crippen LogP contribution in [0, 0.1) is 0 Å². The van der Waals surface area contributed by atoms with Gasteiger partial charge in [-0.1, -0.05) is 6.92 Å². The van der Waals surface area contributed by atoms with Crippen molar-refractivity contribution in [3.05, 3.63) is 48.3 Å². The molecular weight excluding hydrogens is 214 g/mol. The number of nitrogens with two attached hydrogens (primary N) is 1. The Morgan fingerprint density at radius 2 is 2.06 bits per heavy atom. The van der Waals surface area contributed by atoms with E-state index < -0.39 is 0 Å². The molecular formula is C12H15N5. The molecule has 0 aliphatic carbocycles. The molecule has 5 heteroatoms. The summed E-state index contributed by atoms with van der Waals surface area (Å²) in [5, 5.41) is 3.31. The number of anilines is 1. The van der Waals surface area contributed by atoms with E-state index in [9.17, 15) is 0 Å². The van der Waals surface area contributed by atoms with Gasteiger partial charge in [0.2, 0.25) is 0 Å². The summed E-state index contributed by atoms with van der Waals surface area (Å²) in [7, 11) is 0. The zero-order valence-electron chi connectivity index (χ0n) is 9.67. The Morgan fingerprint density at radius 1 is 1.29 bits per heavy atom. The number of hydrogen-bond donors (Lipinski definition) is 2. The molecule has 3 N–H and O–H groups in total. The summed E-state index contributed by atoms with van der Waals surface area (Å²) in [5.74, 6) is 0.703. The Hall–Kier alpha value is -2.01. The summed E-state index contributed by atoms with van der Waals surface area (Å²) < 4.78 is 0. The zero-order chi connectivity index (χ0) is 12.1. The summed E-state index contributed by atoms with van der Waals surface area (Å²) in [6.45, 7) is 2.83. The van der Waals surface area contributed by atoms with Crippen LogP contribution in [0.5, 0.6) is 0 Å². The van der Waals surface area contributed by atoms with Crippen LogP contribution in [0.3, 0.4) is 0 Å². The molecule has 0 saturated heterocycles. The molecule has 0 amide bonds. The van der Waals surface area contributed by atoms with E-state index in [0.29, 0.717) is 11.5 Å². The van der Waals surface area contributed by atoms with Gasteiger partial charge in [0.05, 0.1) is 6.04 Å². The van der Waals surface area contributed by atoms with Crippen molar-refractivity contribution >= 4 is 5.69 Å². The molecule has 2 heterocycles. The number of nitrogens with zero attached hydrogens (tertiary/aromatic N) is 3. The SMILES string of the molecule is CCNC(c1ncccn1)c1cnccc1N. The molecule has 0 aromatic carbocycles. The largest absolute Gasteiger partial charge is 0.398 e. The van der Waals surface area contributed by atoms with E-state index in [1.165, 1.54) is 0 Å². The molecule has 0 aliphatic rings. The summed E-state index contributed by atoms with van der Waals surface area (Å²) in [6, 6.07) is 3.46. The molecule has 0 saturated carbocycles. The van der Waals surface area contributed by atoms with Crippen LogP contribution >= 0.6 is 0 Å². The van der Waals surface area contributed by atoms with Crippen LogP contribution in [0.2, 0.25) is 0 Å². The molecule has 2 rings (SSSR count). The third kappa shape index (κ3) is 2.57. The van der Waals surface area contributed by atoms with Crippen LogP contribution in [0.1, 0.15) is 24.4 Å². The number of hydrogen-bond acceptors (Lipinski definition) is 5. The summed E-state index contributed by atoms with van der Waals surface area (Å²) in [4.78, 5) is 12.6. The summed E-state index contributed by atoms with van der Waals surface area (Å²) in [6.07, 6.45) is 6.87. The molecule has 1 atom stereocenters. The molecule has 0 radical (unpaired) electrons. The van der Waals surface area contributed by atoms with Crippen molar-refractivity contribution in [1.29, 1.82) is 0 Å². The second-order valence-electron chi connectivity index (χ2n) is 3.60. The van der Waals surface area contributed by atoms with Gasteiger partial charge < -0.3 is 11.1 Å². The lowest BCUT2D eigenvalue weighted by atomic mass is 10.1. The van der Waals surface area contributed by atoms with Crippen molar-refractivity contribution in [3.8, 4) is 0 Å². The highest BCUT2D eigenvalue weighted by Gasteiger charge is 2.17. The van der Waals surface area contributed by atoms with Crippen LogP contribution in [0.4, 0.5) is 5.69 Å². The Labute approximate surface area is 100 Å². The first kappa shape index (κ1) is 11.5. The van der Waals surface area contributed by atoms with E-state index in [-0.39, 0.29) is 6.04 Å². The maximum atomic E-state index is 5.95. The molecule has 0 spiro atoms. The van der Waals surface area contributed by atoms with Crippen LogP contribution in [-0.4, -0.2) is 21.5 Å². The molecule has 17 heavy (non-hydrogen) atoms. The Balaban J connectivity index is 2.39. The molecule has 0 bridgehead atoms. The fraction of sp³-hybridized carbons (Fsp3) is 0.250. The van der Waals surface area contributed by atoms with Crippen molar-refractivity contribution in [1.82, 2.24) is 20.3 Å². The number of pyridine rings is 1. The van der Waals surface area contributed by atoms with Crippen molar-refractivity contribution in [3.63, 3.8) is 0 Å². The minimum Gasteiger partial charge on any atom is -0.398 e. The summed E-state index contributed by atoms with van der Waals surface area (Å²) in [5.41, 5.74) is 7.55. The van der Waals surface area contributed by atoms with Gasteiger partial charge in [-0.2, -0.15) is 0 Å². The Kier molecular flexibility index (Phi) is 3.62. The highest BCUT2D eigenvalue weighted by molar-refractivity contribution is 5.48. The van der Waals surface area contributed by atoms with Gasteiger partial charge in [-0.05, 0) is 18.7 Å². The van der Waals surface area contributed by atoms with Crippen LogP contribution < -0.4 is 11.1 Å². The van der Waals surface area contributed by atoms with Crippen molar-refractivity contribution in [2.75, 3.05) is 12.3 Å². The molecule has 0 aliphatic heterocycles. The smallest absolute Gasteiger partial charge is 0.149 e. The first-order valence-corrected chi connectivity index (χ1v) is 5.52. The lowest BCUT2D eigenvalue weighted by Gasteiger charge is -2.17. The third-order valence-electron chi connectivity index (χ3n) is 2.45. The topological polar surface area (TPSA) is 76.7 Å². The second-order valence-corrected chi connectivity index (χ2v) is 3.60. The number of nitrogens with one attached hydrogen (secondary N) is 1. The first-order chi connectivity index (χ1) is 8.33. The quantitative estimate of drug-likeness (QED) is 0.822. The molecule has 1 unspecified atom stereocenters. The summed E-state index contributed by atoms with van der Waals surface area (Å²) >= 11 is 0. The third-order valence-corrected chi connectivity index (χ3v) is 2.45. The zero-order valence-corrected chi connectivity index (χ0v) is 9.67. The van der Waals surface area contributed by atoms with E-state index in [1.807, 2.05) is 6.92 Å². The number of nitrogen functional groups attached to an aromatic ring is 1. The van der Waals surface area contributed by atoms with E-state index in [0.717, 1.165) is 12.1 Å². The highest BCUT2D eigenvalue weighted by Crippen LogP contribution is 2.22. The maximum Gasteiger partial charge on any atom is 0.149 e. The highest BCUT2D eigenvalue weighted by atomic mass is 15.0. The fourth-order valence-corrected chi connectivity index (χ4v) is 1.66. The van der Waals surface area contributed by atoms with Crippen LogP contribution in [-0.2, 0) is 0 Å². The molecule has 5 nitrogen and oxygen atoms in total. The van der Waals surface area contributed by atoms with Gasteiger partial charge >= 0.3 is 0 Å². The van der Waals surface area contributed by atoms with Gasteiger partial charge in [0.1, 0.15) is 5.82 Å². The van der Waals surface area contributed by atoms with Gasteiger partial charge in [-0.25, -0.2) is 9.97 Å². The van der Waals surface area contributed by atoms with Crippen LogP contribution in [0.25, 0.3) is 0 Å². The normalized spacial score (nSPS) is 12.3. The van der Waals surface area contributed by atoms with E-state index >= 15 is 0 Å². The van der Waals surface area contributed by atoms with Crippen molar-refractivity contribution < 1.29 is 0 Å². The minimum atomic E-state index is -0.116. The monoisotopic (exact) mass is 229 g/mol. The maximum absolute atomic E-state index is 5.95. The van der Waals surface area contributed by atoms with E-state index in [1.54, 1.807) is 36.9 Å². The standard InChI is InChI=1S/C12H15N5/c1-2-15-11(12-16-5-3-6-17-12)9-8-14-7-4-10(9)13/h3-8,11,15H,2H2,1H3,(H2,13,14). The number of rotatable bonds is 4. The van der Waals surface area contributed by atoms with E-state index in [2.05, 4.69) is 20.3 Å². The molecule has 88 valence electrons. The second kappa shape index (κ2) is 5.36. The van der Waals surface area contributed by atoms with Gasteiger partial charge in [0.25, 0.3) is 0 Å². The lowest BCUT2D eigenvalue weighted by Crippen LogP contribution is -2.25. The average Bonchev–Trinajstić information content (AvgIpc) is 2.38. The van der Waals surface area contributed by atoms with Crippen LogP contribution in [0.15, 0.2) is 36.9 Å². The lowest BCUT2D eigenvalue weighted by molar-refractivity contribution is 0.597. The predicted octanol–water partition coefficient (Wildman–Crippen LogP) is 1.15. The molecule has 2 aromatic rings. The van der Waals surface area contributed by atoms with Crippen molar-refractivity contribution in [2.45, 2.75) is 13.0 Å². The first-order valence-electron chi connectivity index (χ1n) is 5.52. The molecule has 2 aromatic heterocycles. The van der Waals surface area contributed by atoms with Crippen molar-refractivity contribution in [2.24, 2.45) is 0 Å². The Bertz CT molecular complexity index is 471. The predicted molar refractivity (Wildman–Crippen MR) is 66.2 cm³/mol. The van der Waals surface area contributed by atoms with Gasteiger partial charge in [-0.15, -0.1) is 0 Å². The van der Waals surface area contributed by atoms with Gasteiger partial charge in [-0.3, -0.25) is 4.98 Å². The van der Waals surface area contributed by atoms with E-state index in [4.69, 9.17) is 5.73 Å². The fourth-order valence-electron chi connectivity index (χ4n) is 1.66. The number of aromatic nitrogens is 3. The van der Waals surface area contributed by atoms with Gasteiger partial charge in [0, 0.05) is 36.0 Å².